The van der Waals surface area contributed by atoms with E-state index in [0.717, 1.165) is 11.1 Å². The highest BCUT2D eigenvalue weighted by molar-refractivity contribution is 6.03. The smallest absolute Gasteiger partial charge is 0.248 e. The second-order valence-electron chi connectivity index (χ2n) is 7.10. The molecule has 2 aromatic rings. The third kappa shape index (κ3) is 5.26. The van der Waals surface area contributed by atoms with Crippen molar-refractivity contribution in [2.75, 3.05) is 26.6 Å². The van der Waals surface area contributed by atoms with Crippen molar-refractivity contribution < 1.29 is 19.0 Å². The molecule has 0 aliphatic carbocycles. The largest absolute Gasteiger partial charge is 0.497 e. The molecule has 2 rings (SSSR count). The molecule has 5 heteroatoms. The van der Waals surface area contributed by atoms with Crippen LogP contribution < -0.4 is 19.5 Å². The van der Waals surface area contributed by atoms with Crippen LogP contribution >= 0.6 is 0 Å². The molecule has 0 aromatic heterocycles. The van der Waals surface area contributed by atoms with Gasteiger partial charge in [0.05, 0.1) is 27.0 Å². The molecule has 0 aliphatic rings. The van der Waals surface area contributed by atoms with Crippen molar-refractivity contribution in [3.63, 3.8) is 0 Å². The van der Waals surface area contributed by atoms with Crippen LogP contribution in [-0.4, -0.2) is 27.2 Å². The lowest BCUT2D eigenvalue weighted by Crippen LogP contribution is -2.14. The molecule has 5 nitrogen and oxygen atoms in total. The molecule has 0 saturated carbocycles. The first kappa shape index (κ1) is 20.4. The average Bonchev–Trinajstić information content (AvgIpc) is 2.65. The number of ether oxygens (including phenoxy) is 3. The molecule has 0 fully saturated rings. The van der Waals surface area contributed by atoms with E-state index in [1.54, 1.807) is 39.5 Å². The van der Waals surface area contributed by atoms with Crippen LogP contribution in [0.3, 0.4) is 0 Å². The zero-order valence-electron chi connectivity index (χ0n) is 16.8. The van der Waals surface area contributed by atoms with Gasteiger partial charge in [0, 0.05) is 11.6 Å². The third-order valence-electron chi connectivity index (χ3n) is 4.17. The van der Waals surface area contributed by atoms with Crippen LogP contribution in [0, 0.1) is 0 Å². The number of amides is 1. The topological polar surface area (TPSA) is 56.8 Å². The van der Waals surface area contributed by atoms with E-state index in [1.165, 1.54) is 6.08 Å². The van der Waals surface area contributed by atoms with Gasteiger partial charge in [-0.15, -0.1) is 0 Å². The summed E-state index contributed by atoms with van der Waals surface area (Å²) in [5.74, 6) is 1.70. The minimum atomic E-state index is -0.260. The Balaban J connectivity index is 2.24. The van der Waals surface area contributed by atoms with Crippen LogP contribution in [0.15, 0.2) is 42.5 Å². The van der Waals surface area contributed by atoms with E-state index in [4.69, 9.17) is 14.2 Å². The van der Waals surface area contributed by atoms with Gasteiger partial charge in [0.15, 0.2) is 0 Å². The molecule has 27 heavy (non-hydrogen) atoms. The molecule has 144 valence electrons. The molecule has 0 heterocycles. The summed E-state index contributed by atoms with van der Waals surface area (Å²) in [6.07, 6.45) is 3.15. The third-order valence-corrected chi connectivity index (χ3v) is 4.17. The van der Waals surface area contributed by atoms with E-state index < -0.39 is 0 Å². The fourth-order valence-corrected chi connectivity index (χ4v) is 2.58. The monoisotopic (exact) mass is 369 g/mol. The lowest BCUT2D eigenvalue weighted by Gasteiger charge is -2.21. The molecule has 0 aliphatic heterocycles. The first-order valence-electron chi connectivity index (χ1n) is 8.68. The maximum atomic E-state index is 12.4. The standard InChI is InChI=1S/C22H27NO4/c1-22(2,3)16-8-10-20(27-6)18(14-16)23-21(24)12-7-15-13-17(25-4)9-11-19(15)26-5/h7-14H,1-6H3,(H,23,24). The number of anilines is 1. The molecular formula is C22H27NO4. The summed E-state index contributed by atoms with van der Waals surface area (Å²) >= 11 is 0. The highest BCUT2D eigenvalue weighted by Gasteiger charge is 2.16. The Kier molecular flexibility index (Phi) is 6.50. The van der Waals surface area contributed by atoms with E-state index in [9.17, 15) is 4.79 Å². The Labute approximate surface area is 161 Å². The molecule has 0 atom stereocenters. The van der Waals surface area contributed by atoms with Crippen molar-refractivity contribution in [3.05, 3.63) is 53.6 Å². The molecule has 0 bridgehead atoms. The predicted molar refractivity (Wildman–Crippen MR) is 109 cm³/mol. The fourth-order valence-electron chi connectivity index (χ4n) is 2.58. The van der Waals surface area contributed by atoms with E-state index in [0.29, 0.717) is 22.9 Å². The molecule has 0 saturated heterocycles. The van der Waals surface area contributed by atoms with Crippen LogP contribution in [0.4, 0.5) is 5.69 Å². The molecular weight excluding hydrogens is 342 g/mol. The van der Waals surface area contributed by atoms with Crippen LogP contribution in [-0.2, 0) is 10.2 Å². The number of hydrogen-bond donors (Lipinski definition) is 1. The summed E-state index contributed by atoms with van der Waals surface area (Å²) in [5, 5.41) is 2.89. The maximum absolute atomic E-state index is 12.4. The fraction of sp³-hybridized carbons (Fsp3) is 0.318. The summed E-state index contributed by atoms with van der Waals surface area (Å²) in [6, 6.07) is 11.2. The number of benzene rings is 2. The number of hydrogen-bond acceptors (Lipinski definition) is 4. The van der Waals surface area contributed by atoms with Gasteiger partial charge in [-0.05, 0) is 47.4 Å². The quantitative estimate of drug-likeness (QED) is 0.752. The Morgan fingerprint density at radius 3 is 2.19 bits per heavy atom. The van der Waals surface area contributed by atoms with E-state index in [1.807, 2.05) is 24.3 Å². The second kappa shape index (κ2) is 8.62. The van der Waals surface area contributed by atoms with Crippen LogP contribution in [0.2, 0.25) is 0 Å². The Bertz CT molecular complexity index is 835. The Morgan fingerprint density at radius 2 is 1.59 bits per heavy atom. The second-order valence-corrected chi connectivity index (χ2v) is 7.10. The van der Waals surface area contributed by atoms with Gasteiger partial charge in [0.25, 0.3) is 0 Å². The average molecular weight is 369 g/mol. The van der Waals surface area contributed by atoms with Gasteiger partial charge in [-0.1, -0.05) is 26.8 Å². The number of nitrogens with one attached hydrogen (secondary N) is 1. The molecule has 1 amide bonds. The Hall–Kier alpha value is -2.95. The van der Waals surface area contributed by atoms with Crippen molar-refractivity contribution in [2.24, 2.45) is 0 Å². The predicted octanol–water partition coefficient (Wildman–Crippen LogP) is 4.66. The van der Waals surface area contributed by atoms with Gasteiger partial charge in [-0.2, -0.15) is 0 Å². The normalized spacial score (nSPS) is 11.3. The number of carbonyl (C=O) groups excluding carboxylic acids is 1. The summed E-state index contributed by atoms with van der Waals surface area (Å²) in [4.78, 5) is 12.4. The zero-order valence-corrected chi connectivity index (χ0v) is 16.8. The van der Waals surface area contributed by atoms with Crippen molar-refractivity contribution >= 4 is 17.7 Å². The Morgan fingerprint density at radius 1 is 0.926 bits per heavy atom. The summed E-state index contributed by atoms with van der Waals surface area (Å²) < 4.78 is 15.9. The minimum absolute atomic E-state index is 0.0322. The molecule has 1 N–H and O–H groups in total. The lowest BCUT2D eigenvalue weighted by molar-refractivity contribution is -0.111. The van der Waals surface area contributed by atoms with E-state index in [2.05, 4.69) is 26.1 Å². The molecule has 0 spiro atoms. The van der Waals surface area contributed by atoms with Gasteiger partial charge in [-0.25, -0.2) is 0 Å². The van der Waals surface area contributed by atoms with Crippen LogP contribution in [0.5, 0.6) is 17.2 Å². The summed E-state index contributed by atoms with van der Waals surface area (Å²) in [7, 11) is 4.76. The van der Waals surface area contributed by atoms with Crippen LogP contribution in [0.1, 0.15) is 31.9 Å². The maximum Gasteiger partial charge on any atom is 0.248 e. The first-order valence-corrected chi connectivity index (χ1v) is 8.68. The van der Waals surface area contributed by atoms with Gasteiger partial charge >= 0.3 is 0 Å². The van der Waals surface area contributed by atoms with Crippen molar-refractivity contribution in [3.8, 4) is 17.2 Å². The zero-order chi connectivity index (χ0) is 20.0. The first-order chi connectivity index (χ1) is 12.8. The highest BCUT2D eigenvalue weighted by atomic mass is 16.5. The van der Waals surface area contributed by atoms with Crippen LogP contribution in [0.25, 0.3) is 6.08 Å². The lowest BCUT2D eigenvalue weighted by atomic mass is 9.87. The number of rotatable bonds is 6. The van der Waals surface area contributed by atoms with Gasteiger partial charge in [0.2, 0.25) is 5.91 Å². The molecule has 0 radical (unpaired) electrons. The molecule has 2 aromatic carbocycles. The van der Waals surface area contributed by atoms with Crippen molar-refractivity contribution in [1.82, 2.24) is 0 Å². The van der Waals surface area contributed by atoms with Gasteiger partial charge in [-0.3, -0.25) is 4.79 Å². The van der Waals surface area contributed by atoms with E-state index >= 15 is 0 Å². The summed E-state index contributed by atoms with van der Waals surface area (Å²) in [5.41, 5.74) is 2.46. The SMILES string of the molecule is COc1ccc(OC)c(C=CC(=O)Nc2cc(C(C)(C)C)ccc2OC)c1. The summed E-state index contributed by atoms with van der Waals surface area (Å²) in [6.45, 7) is 6.36. The number of methoxy groups -OCH3 is 3. The molecule has 0 unspecified atom stereocenters. The van der Waals surface area contributed by atoms with Gasteiger partial charge in [0.1, 0.15) is 17.2 Å². The van der Waals surface area contributed by atoms with Crippen molar-refractivity contribution in [1.29, 1.82) is 0 Å². The number of carbonyl (C=O) groups is 1. The van der Waals surface area contributed by atoms with E-state index in [-0.39, 0.29) is 11.3 Å². The van der Waals surface area contributed by atoms with Gasteiger partial charge < -0.3 is 19.5 Å². The minimum Gasteiger partial charge on any atom is -0.497 e. The highest BCUT2D eigenvalue weighted by Crippen LogP contribution is 2.31. The van der Waals surface area contributed by atoms with Crippen molar-refractivity contribution in [2.45, 2.75) is 26.2 Å².